The maximum absolute atomic E-state index is 12.5. The molecule has 1 unspecified atom stereocenters. The largest absolute Gasteiger partial charge is 0.384 e. The molecule has 0 saturated carbocycles. The van der Waals surface area contributed by atoms with Crippen LogP contribution in [0.25, 0.3) is 0 Å². The molecule has 0 fully saturated rings. The zero-order chi connectivity index (χ0) is 14.8. The van der Waals surface area contributed by atoms with E-state index in [-0.39, 0.29) is 11.8 Å². The summed E-state index contributed by atoms with van der Waals surface area (Å²) in [5.41, 5.74) is 4.26. The molecule has 0 spiro atoms. The summed E-state index contributed by atoms with van der Waals surface area (Å²) in [4.78, 5) is 12.5. The maximum Gasteiger partial charge on any atom is 0.229 e. The number of carbonyl (C=O) groups excluding carboxylic acids is 1. The molecular formula is C17H17BrN2O. The molecule has 1 aliphatic heterocycles. The molecule has 0 aliphatic carbocycles. The van der Waals surface area contributed by atoms with Crippen molar-refractivity contribution in [1.29, 1.82) is 0 Å². The summed E-state index contributed by atoms with van der Waals surface area (Å²) in [7, 11) is 0. The van der Waals surface area contributed by atoms with E-state index in [9.17, 15) is 4.79 Å². The van der Waals surface area contributed by atoms with Gasteiger partial charge in [0.1, 0.15) is 0 Å². The highest BCUT2D eigenvalue weighted by Gasteiger charge is 2.24. The van der Waals surface area contributed by atoms with Crippen LogP contribution in [0, 0.1) is 12.8 Å². The van der Waals surface area contributed by atoms with Crippen molar-refractivity contribution in [2.24, 2.45) is 5.92 Å². The predicted octanol–water partition coefficient (Wildman–Crippen LogP) is 3.98. The van der Waals surface area contributed by atoms with E-state index in [0.717, 1.165) is 27.8 Å². The molecule has 1 aliphatic rings. The van der Waals surface area contributed by atoms with Crippen LogP contribution >= 0.6 is 15.9 Å². The van der Waals surface area contributed by atoms with Gasteiger partial charge in [0.05, 0.1) is 5.92 Å². The molecule has 0 bridgehead atoms. The first-order chi connectivity index (χ1) is 10.1. The Labute approximate surface area is 132 Å². The van der Waals surface area contributed by atoms with E-state index in [0.29, 0.717) is 6.54 Å². The molecule has 1 heterocycles. The average molecular weight is 345 g/mol. The number of hydrogen-bond acceptors (Lipinski definition) is 2. The van der Waals surface area contributed by atoms with Crippen LogP contribution in [0.5, 0.6) is 0 Å². The Hall–Kier alpha value is -1.81. The highest BCUT2D eigenvalue weighted by Crippen LogP contribution is 2.27. The average Bonchev–Trinajstić information content (AvgIpc) is 2.51. The molecular weight excluding hydrogens is 328 g/mol. The topological polar surface area (TPSA) is 41.1 Å². The van der Waals surface area contributed by atoms with Crippen LogP contribution in [-0.2, 0) is 11.2 Å². The number of amides is 1. The van der Waals surface area contributed by atoms with Crippen molar-refractivity contribution < 1.29 is 4.79 Å². The summed E-state index contributed by atoms with van der Waals surface area (Å²) in [6, 6.07) is 14.0. The SMILES string of the molecule is Cc1c(Br)cccc1NC(=O)C1CNc2ccccc2C1. The molecule has 3 rings (SSSR count). The van der Waals surface area contributed by atoms with Gasteiger partial charge in [0, 0.05) is 22.4 Å². The minimum absolute atomic E-state index is 0.0433. The number of benzene rings is 2. The normalized spacial score (nSPS) is 16.8. The first kappa shape index (κ1) is 14.1. The molecule has 0 saturated heterocycles. The summed E-state index contributed by atoms with van der Waals surface area (Å²) >= 11 is 3.49. The molecule has 2 aromatic rings. The van der Waals surface area contributed by atoms with Gasteiger partial charge in [-0.05, 0) is 42.7 Å². The molecule has 0 aromatic heterocycles. The second-order valence-corrected chi connectivity index (χ2v) is 6.20. The third-order valence-corrected chi connectivity index (χ3v) is 4.78. The van der Waals surface area contributed by atoms with Gasteiger partial charge in [0.15, 0.2) is 0 Å². The highest BCUT2D eigenvalue weighted by atomic mass is 79.9. The Balaban J connectivity index is 1.74. The van der Waals surface area contributed by atoms with Crippen molar-refractivity contribution in [3.63, 3.8) is 0 Å². The number of para-hydroxylation sites is 1. The number of hydrogen-bond donors (Lipinski definition) is 2. The molecule has 21 heavy (non-hydrogen) atoms. The number of fused-ring (bicyclic) bond motifs is 1. The van der Waals surface area contributed by atoms with Crippen molar-refractivity contribution in [1.82, 2.24) is 0 Å². The monoisotopic (exact) mass is 344 g/mol. The fraction of sp³-hybridized carbons (Fsp3) is 0.235. The van der Waals surface area contributed by atoms with Gasteiger partial charge < -0.3 is 10.6 Å². The van der Waals surface area contributed by atoms with E-state index in [4.69, 9.17) is 0 Å². The zero-order valence-electron chi connectivity index (χ0n) is 11.8. The number of anilines is 2. The van der Waals surface area contributed by atoms with Gasteiger partial charge in [-0.1, -0.05) is 40.2 Å². The van der Waals surface area contributed by atoms with Gasteiger partial charge in [-0.15, -0.1) is 0 Å². The van der Waals surface area contributed by atoms with Gasteiger partial charge in [-0.3, -0.25) is 4.79 Å². The summed E-state index contributed by atoms with van der Waals surface area (Å²) < 4.78 is 1.01. The van der Waals surface area contributed by atoms with E-state index in [1.54, 1.807) is 0 Å². The quantitative estimate of drug-likeness (QED) is 0.864. The fourth-order valence-electron chi connectivity index (χ4n) is 2.60. The van der Waals surface area contributed by atoms with Crippen molar-refractivity contribution in [3.8, 4) is 0 Å². The van der Waals surface area contributed by atoms with Crippen LogP contribution in [0.2, 0.25) is 0 Å². The lowest BCUT2D eigenvalue weighted by molar-refractivity contribution is -0.119. The Morgan fingerprint density at radius 1 is 1.24 bits per heavy atom. The van der Waals surface area contributed by atoms with E-state index in [1.165, 1.54) is 5.56 Å². The van der Waals surface area contributed by atoms with Gasteiger partial charge >= 0.3 is 0 Å². The van der Waals surface area contributed by atoms with E-state index < -0.39 is 0 Å². The second-order valence-electron chi connectivity index (χ2n) is 5.34. The minimum atomic E-state index is -0.0433. The molecule has 2 N–H and O–H groups in total. The minimum Gasteiger partial charge on any atom is -0.384 e. The van der Waals surface area contributed by atoms with Crippen LogP contribution in [0.1, 0.15) is 11.1 Å². The van der Waals surface area contributed by atoms with Crippen LogP contribution < -0.4 is 10.6 Å². The second kappa shape index (κ2) is 5.90. The maximum atomic E-state index is 12.5. The Morgan fingerprint density at radius 2 is 2.05 bits per heavy atom. The molecule has 4 heteroatoms. The van der Waals surface area contributed by atoms with E-state index in [1.807, 2.05) is 37.3 Å². The van der Waals surface area contributed by atoms with Crippen LogP contribution in [0.15, 0.2) is 46.9 Å². The Morgan fingerprint density at radius 3 is 2.90 bits per heavy atom. The van der Waals surface area contributed by atoms with Crippen LogP contribution in [0.3, 0.4) is 0 Å². The van der Waals surface area contributed by atoms with Gasteiger partial charge in [-0.2, -0.15) is 0 Å². The third-order valence-electron chi connectivity index (χ3n) is 3.92. The van der Waals surface area contributed by atoms with Crippen molar-refractivity contribution in [2.45, 2.75) is 13.3 Å². The lowest BCUT2D eigenvalue weighted by atomic mass is 9.93. The Kier molecular flexibility index (Phi) is 3.97. The lowest BCUT2D eigenvalue weighted by Gasteiger charge is -2.25. The van der Waals surface area contributed by atoms with Crippen LogP contribution in [0.4, 0.5) is 11.4 Å². The highest BCUT2D eigenvalue weighted by molar-refractivity contribution is 9.10. The zero-order valence-corrected chi connectivity index (χ0v) is 13.4. The first-order valence-corrected chi connectivity index (χ1v) is 7.82. The molecule has 1 atom stereocenters. The summed E-state index contributed by atoms with van der Waals surface area (Å²) in [5.74, 6) is 0.0245. The number of halogens is 1. The first-order valence-electron chi connectivity index (χ1n) is 7.03. The molecule has 2 aromatic carbocycles. The molecule has 1 amide bonds. The number of nitrogens with one attached hydrogen (secondary N) is 2. The van der Waals surface area contributed by atoms with Crippen LogP contribution in [-0.4, -0.2) is 12.5 Å². The van der Waals surface area contributed by atoms with Crippen molar-refractivity contribution in [3.05, 3.63) is 58.1 Å². The third kappa shape index (κ3) is 2.95. The van der Waals surface area contributed by atoms with E-state index >= 15 is 0 Å². The number of rotatable bonds is 2. The van der Waals surface area contributed by atoms with Gasteiger partial charge in [-0.25, -0.2) is 0 Å². The van der Waals surface area contributed by atoms with E-state index in [2.05, 4.69) is 38.7 Å². The summed E-state index contributed by atoms with van der Waals surface area (Å²) in [6.45, 7) is 2.67. The van der Waals surface area contributed by atoms with Gasteiger partial charge in [0.25, 0.3) is 0 Å². The lowest BCUT2D eigenvalue weighted by Crippen LogP contribution is -2.33. The van der Waals surface area contributed by atoms with Crippen molar-refractivity contribution >= 4 is 33.2 Å². The molecule has 0 radical (unpaired) electrons. The smallest absolute Gasteiger partial charge is 0.229 e. The predicted molar refractivity (Wildman–Crippen MR) is 89.6 cm³/mol. The van der Waals surface area contributed by atoms with Gasteiger partial charge in [0.2, 0.25) is 5.91 Å². The Bertz CT molecular complexity index is 684. The standard InChI is InChI=1S/C17H17BrN2O/c1-11-14(18)6-4-8-15(11)20-17(21)13-9-12-5-2-3-7-16(12)19-10-13/h2-8,13,19H,9-10H2,1H3,(H,20,21). The molecule has 108 valence electrons. The summed E-state index contributed by atoms with van der Waals surface area (Å²) in [5, 5.41) is 6.38. The molecule has 3 nitrogen and oxygen atoms in total. The van der Waals surface area contributed by atoms with Crippen molar-refractivity contribution in [2.75, 3.05) is 17.2 Å². The summed E-state index contributed by atoms with van der Waals surface area (Å²) in [6.07, 6.45) is 0.780. The number of carbonyl (C=O) groups is 1. The fourth-order valence-corrected chi connectivity index (χ4v) is 2.97.